The van der Waals surface area contributed by atoms with E-state index in [2.05, 4.69) is 43.4 Å². The molecule has 0 saturated heterocycles. The highest BCUT2D eigenvalue weighted by atomic mass is 16.5. The first-order chi connectivity index (χ1) is 18.9. The van der Waals surface area contributed by atoms with E-state index in [9.17, 15) is 5.11 Å². The van der Waals surface area contributed by atoms with Crippen LogP contribution >= 0.6 is 0 Å². The van der Waals surface area contributed by atoms with Gasteiger partial charge in [0, 0.05) is 13.2 Å². The zero-order valence-corrected chi connectivity index (χ0v) is 25.8. The Morgan fingerprint density at radius 3 is 1.18 bits per heavy atom. The Labute approximate surface area is 239 Å². The van der Waals surface area contributed by atoms with Crippen LogP contribution in [0.1, 0.15) is 174 Å². The lowest BCUT2D eigenvalue weighted by molar-refractivity contribution is 0.126. The molecule has 0 fully saturated rings. The van der Waals surface area contributed by atoms with Gasteiger partial charge in [0.05, 0.1) is 6.61 Å². The van der Waals surface area contributed by atoms with Gasteiger partial charge in [-0.1, -0.05) is 133 Å². The summed E-state index contributed by atoms with van der Waals surface area (Å²) in [5.74, 6) is 0. The highest BCUT2D eigenvalue weighted by molar-refractivity contribution is 4.92. The maximum absolute atomic E-state index is 10.4. The Morgan fingerprint density at radius 1 is 0.395 bits per heavy atom. The van der Waals surface area contributed by atoms with Gasteiger partial charge in [0.1, 0.15) is 0 Å². The number of unbranched alkanes of at least 4 members (excludes halogenated alkanes) is 21. The van der Waals surface area contributed by atoms with Crippen molar-refractivity contribution in [1.82, 2.24) is 0 Å². The van der Waals surface area contributed by atoms with Gasteiger partial charge in [0.2, 0.25) is 0 Å². The van der Waals surface area contributed by atoms with E-state index in [4.69, 9.17) is 4.74 Å². The molecule has 0 aromatic heterocycles. The lowest BCUT2D eigenvalue weighted by atomic mass is 10.1. The zero-order valence-electron chi connectivity index (χ0n) is 25.8. The van der Waals surface area contributed by atoms with Crippen LogP contribution in [-0.2, 0) is 9.84 Å². The number of ether oxygens (including phenoxy) is 1. The molecule has 2 nitrogen and oxygen atoms in total. The molecule has 0 aliphatic carbocycles. The summed E-state index contributed by atoms with van der Waals surface area (Å²) < 4.78 is 5.83. The van der Waals surface area contributed by atoms with Crippen LogP contribution in [0.15, 0.2) is 36.5 Å². The summed E-state index contributed by atoms with van der Waals surface area (Å²) in [4.78, 5) is 0. The second-order valence-corrected chi connectivity index (χ2v) is 11.2. The average molecular weight is 532 g/mol. The molecule has 38 heavy (non-hydrogen) atoms. The molecule has 0 atom stereocenters. The summed E-state index contributed by atoms with van der Waals surface area (Å²) in [6.07, 6.45) is 47.5. The van der Waals surface area contributed by atoms with Crippen molar-refractivity contribution in [3.63, 3.8) is 0 Å². The summed E-state index contributed by atoms with van der Waals surface area (Å²) in [6.45, 7) is 4.28. The smallest absolute Gasteiger partial charge is 0.0822 e. The van der Waals surface area contributed by atoms with Crippen LogP contribution in [0, 0.1) is 0 Å². The molecule has 0 rings (SSSR count). The zero-order chi connectivity index (χ0) is 27.5. The third-order valence-electron chi connectivity index (χ3n) is 7.33. The van der Waals surface area contributed by atoms with Crippen LogP contribution in [-0.4, -0.2) is 19.8 Å². The van der Waals surface area contributed by atoms with Crippen LogP contribution in [0.4, 0.5) is 0 Å². The Bertz CT molecular complexity index is 494. The van der Waals surface area contributed by atoms with Crippen LogP contribution in [0.3, 0.4) is 0 Å². The summed E-state index contributed by atoms with van der Waals surface area (Å²) in [7, 11) is 0. The van der Waals surface area contributed by atoms with E-state index in [0.717, 1.165) is 32.5 Å². The maximum atomic E-state index is 10.4. The van der Waals surface area contributed by atoms with E-state index in [0.29, 0.717) is 0 Å². The van der Waals surface area contributed by atoms with Crippen molar-refractivity contribution in [2.75, 3.05) is 19.8 Å². The van der Waals surface area contributed by atoms with E-state index in [1.54, 1.807) is 0 Å². The van der Waals surface area contributed by atoms with Crippen LogP contribution in [0.25, 0.3) is 0 Å². The third-order valence-corrected chi connectivity index (χ3v) is 7.33. The molecule has 1 radical (unpaired) electrons. The largest absolute Gasteiger partial charge is 0.381 e. The molecule has 0 N–H and O–H groups in total. The lowest BCUT2D eigenvalue weighted by Gasteiger charge is -2.04. The fourth-order valence-corrected chi connectivity index (χ4v) is 4.77. The van der Waals surface area contributed by atoms with Gasteiger partial charge >= 0.3 is 0 Å². The lowest BCUT2D eigenvalue weighted by Crippen LogP contribution is -1.97. The second kappa shape index (κ2) is 36.1. The topological polar surface area (TPSA) is 29.1 Å². The molecule has 0 aliphatic heterocycles. The Balaban J connectivity index is 3.16. The molecule has 0 heterocycles. The van der Waals surface area contributed by atoms with Crippen molar-refractivity contribution >= 4 is 0 Å². The van der Waals surface area contributed by atoms with E-state index in [1.165, 1.54) is 148 Å². The molecule has 0 bridgehead atoms. The van der Waals surface area contributed by atoms with Crippen molar-refractivity contribution < 1.29 is 9.84 Å². The van der Waals surface area contributed by atoms with Gasteiger partial charge in [-0.25, -0.2) is 5.11 Å². The molecule has 223 valence electrons. The second-order valence-electron chi connectivity index (χ2n) is 11.2. The highest BCUT2D eigenvalue weighted by Gasteiger charge is 1.94. The molecule has 0 aromatic carbocycles. The van der Waals surface area contributed by atoms with E-state index in [-0.39, 0.29) is 6.61 Å². The van der Waals surface area contributed by atoms with Crippen LogP contribution in [0.5, 0.6) is 0 Å². The monoisotopic (exact) mass is 532 g/mol. The number of hydrogen-bond acceptors (Lipinski definition) is 1. The fourth-order valence-electron chi connectivity index (χ4n) is 4.77. The highest BCUT2D eigenvalue weighted by Crippen LogP contribution is 2.11. The van der Waals surface area contributed by atoms with Gasteiger partial charge < -0.3 is 4.74 Å². The molecular weight excluding hydrogens is 464 g/mol. The molecule has 0 amide bonds. The summed E-state index contributed by atoms with van der Waals surface area (Å²) in [5.41, 5.74) is 0. The van der Waals surface area contributed by atoms with E-state index >= 15 is 0 Å². The van der Waals surface area contributed by atoms with Gasteiger partial charge in [0.25, 0.3) is 0 Å². The maximum Gasteiger partial charge on any atom is 0.0822 e. The number of hydrogen-bond donors (Lipinski definition) is 0. The molecule has 0 saturated carbocycles. The van der Waals surface area contributed by atoms with E-state index in [1.807, 2.05) is 0 Å². The summed E-state index contributed by atoms with van der Waals surface area (Å²) in [6, 6.07) is 0. The van der Waals surface area contributed by atoms with Gasteiger partial charge in [-0.15, -0.1) is 0 Å². The predicted octanol–water partition coefficient (Wildman–Crippen LogP) is 12.3. The SMILES string of the molecule is CCCCCCCCC=CCCCCCCCCOCCCCCC=CC/C=C/CCCCCCCC[O]. The Kier molecular flexibility index (Phi) is 35.3. The normalized spacial score (nSPS) is 12.2. The first kappa shape index (κ1) is 37.1. The first-order valence-electron chi connectivity index (χ1n) is 17.0. The number of rotatable bonds is 32. The third kappa shape index (κ3) is 35.1. The quantitative estimate of drug-likeness (QED) is 0.0626. The Hall–Kier alpha value is -0.860. The first-order valence-corrected chi connectivity index (χ1v) is 17.0. The minimum absolute atomic E-state index is 0.100. The Morgan fingerprint density at radius 2 is 0.737 bits per heavy atom. The van der Waals surface area contributed by atoms with Gasteiger partial charge in [-0.05, 0) is 77.0 Å². The summed E-state index contributed by atoms with van der Waals surface area (Å²) >= 11 is 0. The van der Waals surface area contributed by atoms with Crippen molar-refractivity contribution in [2.45, 2.75) is 174 Å². The molecule has 0 aromatic rings. The number of allylic oxidation sites excluding steroid dienone is 6. The molecule has 2 heteroatoms. The fraction of sp³-hybridized carbons (Fsp3) is 0.833. The molecule has 0 spiro atoms. The average Bonchev–Trinajstić information content (AvgIpc) is 2.93. The van der Waals surface area contributed by atoms with Crippen LogP contribution in [0.2, 0.25) is 0 Å². The van der Waals surface area contributed by atoms with Crippen molar-refractivity contribution in [3.8, 4) is 0 Å². The summed E-state index contributed by atoms with van der Waals surface area (Å²) in [5, 5.41) is 10.4. The van der Waals surface area contributed by atoms with Gasteiger partial charge in [0.15, 0.2) is 0 Å². The standard InChI is InChI=1S/C36H67O2/c1-2-3-4-5-6-7-8-9-10-14-17-20-23-26-29-32-35-38-36-33-30-27-24-21-18-15-12-11-13-16-19-22-25-28-31-34-37/h9-12,18,21H,2-8,13-17,19-20,22-36H2,1H3/b10-9?,12-11+,21-18?. The molecule has 0 unspecified atom stereocenters. The van der Waals surface area contributed by atoms with Gasteiger partial charge in [-0.3, -0.25) is 0 Å². The van der Waals surface area contributed by atoms with E-state index < -0.39 is 0 Å². The van der Waals surface area contributed by atoms with Gasteiger partial charge in [-0.2, -0.15) is 0 Å². The predicted molar refractivity (Wildman–Crippen MR) is 170 cm³/mol. The van der Waals surface area contributed by atoms with Crippen molar-refractivity contribution in [3.05, 3.63) is 36.5 Å². The minimum atomic E-state index is 0.100. The van der Waals surface area contributed by atoms with Crippen molar-refractivity contribution in [2.24, 2.45) is 0 Å². The van der Waals surface area contributed by atoms with Crippen LogP contribution < -0.4 is 0 Å². The minimum Gasteiger partial charge on any atom is -0.381 e. The molecule has 0 aliphatic rings. The molecular formula is C36H67O2. The van der Waals surface area contributed by atoms with Crippen molar-refractivity contribution in [1.29, 1.82) is 0 Å².